The highest BCUT2D eigenvalue weighted by Gasteiger charge is 2.11. The third kappa shape index (κ3) is 4.03. The lowest BCUT2D eigenvalue weighted by Crippen LogP contribution is -2.09. The molecule has 1 aromatic heterocycles. The first-order valence-corrected chi connectivity index (χ1v) is 9.43. The number of para-hydroxylation sites is 3. The van der Waals surface area contributed by atoms with Gasteiger partial charge in [0.1, 0.15) is 5.82 Å². The summed E-state index contributed by atoms with van der Waals surface area (Å²) in [4.78, 5) is 20.5. The Hall–Kier alpha value is -4.06. The maximum atomic E-state index is 12.5. The lowest BCUT2D eigenvalue weighted by Gasteiger charge is -2.08. The molecule has 30 heavy (non-hydrogen) atoms. The van der Waals surface area contributed by atoms with Gasteiger partial charge < -0.3 is 19.8 Å². The second-order valence-corrected chi connectivity index (χ2v) is 6.59. The zero-order chi connectivity index (χ0) is 20.9. The highest BCUT2D eigenvalue weighted by molar-refractivity contribution is 6.04. The van der Waals surface area contributed by atoms with Crippen molar-refractivity contribution in [3.63, 3.8) is 0 Å². The molecule has 0 saturated heterocycles. The molecule has 0 aliphatic carbocycles. The maximum absolute atomic E-state index is 12.5. The first kappa shape index (κ1) is 19.3. The fourth-order valence-electron chi connectivity index (χ4n) is 3.18. The van der Waals surface area contributed by atoms with Gasteiger partial charge in [-0.1, -0.05) is 30.3 Å². The number of nitrogens with zero attached hydrogens (tertiary/aromatic N) is 1. The van der Waals surface area contributed by atoms with E-state index in [-0.39, 0.29) is 5.91 Å². The van der Waals surface area contributed by atoms with Crippen LogP contribution >= 0.6 is 0 Å². The van der Waals surface area contributed by atoms with Gasteiger partial charge >= 0.3 is 0 Å². The first-order valence-electron chi connectivity index (χ1n) is 9.43. The smallest absolute Gasteiger partial charge is 0.248 e. The molecule has 4 aromatic rings. The predicted molar refractivity (Wildman–Crippen MR) is 119 cm³/mol. The van der Waals surface area contributed by atoms with Crippen LogP contribution in [-0.4, -0.2) is 30.1 Å². The number of fused-ring (bicyclic) bond motifs is 1. The van der Waals surface area contributed by atoms with E-state index in [1.807, 2.05) is 60.7 Å². The van der Waals surface area contributed by atoms with Crippen LogP contribution in [0.3, 0.4) is 0 Å². The van der Waals surface area contributed by atoms with E-state index in [4.69, 9.17) is 9.47 Å². The number of nitrogens with one attached hydrogen (secondary N) is 2. The Morgan fingerprint density at radius 3 is 2.53 bits per heavy atom. The summed E-state index contributed by atoms with van der Waals surface area (Å²) in [7, 11) is 3.16. The second-order valence-electron chi connectivity index (χ2n) is 6.59. The van der Waals surface area contributed by atoms with Crippen LogP contribution in [-0.2, 0) is 4.79 Å². The number of ether oxygens (including phenoxy) is 2. The molecule has 3 aromatic carbocycles. The molecule has 150 valence electrons. The summed E-state index contributed by atoms with van der Waals surface area (Å²) in [5.41, 5.74) is 4.15. The summed E-state index contributed by atoms with van der Waals surface area (Å²) in [6, 6.07) is 20.8. The van der Waals surface area contributed by atoms with Crippen molar-refractivity contribution in [2.75, 3.05) is 19.5 Å². The van der Waals surface area contributed by atoms with E-state index in [9.17, 15) is 4.79 Å². The normalized spacial score (nSPS) is 11.0. The number of amides is 1. The summed E-state index contributed by atoms with van der Waals surface area (Å²) >= 11 is 0. The molecule has 0 atom stereocenters. The molecule has 1 heterocycles. The summed E-state index contributed by atoms with van der Waals surface area (Å²) < 4.78 is 10.5. The molecule has 6 nitrogen and oxygen atoms in total. The van der Waals surface area contributed by atoms with Gasteiger partial charge in [-0.25, -0.2) is 4.98 Å². The molecule has 0 radical (unpaired) electrons. The SMILES string of the molecule is COc1ccc(/C=C/C(=O)Nc2ccccc2-c2nc3ccccc3[nH]2)cc1OC. The molecular weight excluding hydrogens is 378 g/mol. The monoisotopic (exact) mass is 399 g/mol. The van der Waals surface area contributed by atoms with Gasteiger partial charge in [0.25, 0.3) is 0 Å². The molecule has 0 aliphatic heterocycles. The fraction of sp³-hybridized carbons (Fsp3) is 0.0833. The van der Waals surface area contributed by atoms with E-state index in [1.165, 1.54) is 6.08 Å². The Balaban J connectivity index is 1.55. The van der Waals surface area contributed by atoms with E-state index >= 15 is 0 Å². The van der Waals surface area contributed by atoms with Crippen molar-refractivity contribution in [1.29, 1.82) is 0 Å². The largest absolute Gasteiger partial charge is 0.493 e. The van der Waals surface area contributed by atoms with Crippen molar-refractivity contribution >= 4 is 28.7 Å². The summed E-state index contributed by atoms with van der Waals surface area (Å²) in [6.07, 6.45) is 3.21. The van der Waals surface area contributed by atoms with Gasteiger partial charge in [-0.05, 0) is 48.0 Å². The molecule has 0 spiro atoms. The molecule has 6 heteroatoms. The van der Waals surface area contributed by atoms with Crippen LogP contribution in [0.5, 0.6) is 11.5 Å². The van der Waals surface area contributed by atoms with E-state index in [0.717, 1.165) is 22.2 Å². The van der Waals surface area contributed by atoms with E-state index in [2.05, 4.69) is 15.3 Å². The topological polar surface area (TPSA) is 76.2 Å². The molecular formula is C24H21N3O3. The Bertz CT molecular complexity index is 1190. The highest BCUT2D eigenvalue weighted by Crippen LogP contribution is 2.29. The first-order chi connectivity index (χ1) is 14.7. The minimum Gasteiger partial charge on any atom is -0.493 e. The van der Waals surface area contributed by atoms with Crippen LogP contribution in [0.1, 0.15) is 5.56 Å². The number of rotatable bonds is 6. The van der Waals surface area contributed by atoms with Crippen LogP contribution in [0.2, 0.25) is 0 Å². The third-order valence-corrected chi connectivity index (χ3v) is 4.66. The predicted octanol–water partition coefficient (Wildman–Crippen LogP) is 4.90. The van der Waals surface area contributed by atoms with Crippen LogP contribution in [0.4, 0.5) is 5.69 Å². The summed E-state index contributed by atoms with van der Waals surface area (Å²) in [6.45, 7) is 0. The molecule has 0 unspecified atom stereocenters. The molecule has 4 rings (SSSR count). The summed E-state index contributed by atoms with van der Waals surface area (Å²) in [5.74, 6) is 1.71. The lowest BCUT2D eigenvalue weighted by molar-refractivity contribution is -0.111. The number of carbonyl (C=O) groups excluding carboxylic acids is 1. The van der Waals surface area contributed by atoms with Crippen LogP contribution in [0.15, 0.2) is 72.8 Å². The Morgan fingerprint density at radius 1 is 0.967 bits per heavy atom. The number of H-pyrrole nitrogens is 1. The number of carbonyl (C=O) groups is 1. The van der Waals surface area contributed by atoms with Crippen molar-refractivity contribution in [2.24, 2.45) is 0 Å². The number of hydrogen-bond acceptors (Lipinski definition) is 4. The van der Waals surface area contributed by atoms with Crippen molar-refractivity contribution < 1.29 is 14.3 Å². The minimum atomic E-state index is -0.242. The average Bonchev–Trinajstić information content (AvgIpc) is 3.22. The number of imidazole rings is 1. The van der Waals surface area contributed by atoms with Gasteiger partial charge in [0.05, 0.1) is 30.9 Å². The van der Waals surface area contributed by atoms with Gasteiger partial charge in [-0.15, -0.1) is 0 Å². The number of hydrogen-bond donors (Lipinski definition) is 2. The zero-order valence-corrected chi connectivity index (χ0v) is 16.7. The Kier molecular flexibility index (Phi) is 5.48. The molecule has 0 aliphatic rings. The third-order valence-electron chi connectivity index (χ3n) is 4.66. The number of aromatic nitrogens is 2. The van der Waals surface area contributed by atoms with Crippen LogP contribution < -0.4 is 14.8 Å². The maximum Gasteiger partial charge on any atom is 0.248 e. The van der Waals surface area contributed by atoms with E-state index in [0.29, 0.717) is 23.0 Å². The minimum absolute atomic E-state index is 0.242. The molecule has 0 fully saturated rings. The van der Waals surface area contributed by atoms with Crippen LogP contribution in [0.25, 0.3) is 28.5 Å². The number of anilines is 1. The van der Waals surface area contributed by atoms with Gasteiger partial charge in [0, 0.05) is 11.6 Å². The van der Waals surface area contributed by atoms with Crippen molar-refractivity contribution in [3.8, 4) is 22.9 Å². The summed E-state index contributed by atoms with van der Waals surface area (Å²) in [5, 5.41) is 2.93. The average molecular weight is 399 g/mol. The standard InChI is InChI=1S/C24H21N3O3/c1-29-21-13-11-16(15-22(21)30-2)12-14-23(28)25-18-8-4-3-7-17(18)24-26-19-9-5-6-10-20(19)27-24/h3-15H,1-2H3,(H,25,28)(H,26,27)/b14-12+. The number of benzene rings is 3. The quantitative estimate of drug-likeness (QED) is 0.452. The zero-order valence-electron chi connectivity index (χ0n) is 16.7. The number of methoxy groups -OCH3 is 2. The second kappa shape index (κ2) is 8.53. The molecule has 0 bridgehead atoms. The van der Waals surface area contributed by atoms with Crippen molar-refractivity contribution in [2.45, 2.75) is 0 Å². The van der Waals surface area contributed by atoms with Gasteiger partial charge in [-0.3, -0.25) is 4.79 Å². The lowest BCUT2D eigenvalue weighted by atomic mass is 10.1. The molecule has 1 amide bonds. The fourth-order valence-corrected chi connectivity index (χ4v) is 3.18. The Morgan fingerprint density at radius 2 is 1.73 bits per heavy atom. The van der Waals surface area contributed by atoms with Gasteiger partial charge in [0.2, 0.25) is 5.91 Å². The van der Waals surface area contributed by atoms with Gasteiger partial charge in [-0.2, -0.15) is 0 Å². The Labute approximate surface area is 174 Å². The van der Waals surface area contributed by atoms with Crippen molar-refractivity contribution in [3.05, 3.63) is 78.4 Å². The van der Waals surface area contributed by atoms with Crippen molar-refractivity contribution in [1.82, 2.24) is 9.97 Å². The highest BCUT2D eigenvalue weighted by atomic mass is 16.5. The van der Waals surface area contributed by atoms with E-state index in [1.54, 1.807) is 26.4 Å². The molecule has 2 N–H and O–H groups in total. The van der Waals surface area contributed by atoms with E-state index < -0.39 is 0 Å². The van der Waals surface area contributed by atoms with Gasteiger partial charge in [0.15, 0.2) is 11.5 Å². The number of aromatic amines is 1. The molecule has 0 saturated carbocycles. The van der Waals surface area contributed by atoms with Crippen LogP contribution in [0, 0.1) is 0 Å².